The first kappa shape index (κ1) is 14.6. The van der Waals surface area contributed by atoms with Crippen LogP contribution in [0, 0.1) is 5.92 Å². The summed E-state index contributed by atoms with van der Waals surface area (Å²) in [6.07, 6.45) is 0. The van der Waals surface area contributed by atoms with Crippen LogP contribution in [0.5, 0.6) is 0 Å². The minimum absolute atomic E-state index is 0.0615. The molecule has 0 radical (unpaired) electrons. The van der Waals surface area contributed by atoms with E-state index < -0.39 is 17.9 Å². The summed E-state index contributed by atoms with van der Waals surface area (Å²) in [6, 6.07) is 4.32. The van der Waals surface area contributed by atoms with Gasteiger partial charge in [-0.05, 0) is 34.0 Å². The van der Waals surface area contributed by atoms with Crippen LogP contribution in [0.1, 0.15) is 24.3 Å². The predicted octanol–water partition coefficient (Wildman–Crippen LogP) is 1.77. The van der Waals surface area contributed by atoms with E-state index in [-0.39, 0.29) is 11.6 Å². The molecule has 0 aliphatic heterocycles. The Hall–Kier alpha value is -1.43. The maximum absolute atomic E-state index is 11.9. The van der Waals surface area contributed by atoms with Gasteiger partial charge < -0.3 is 10.1 Å². The fourth-order valence-electron chi connectivity index (χ4n) is 1.37. The molecule has 0 fully saturated rings. The minimum atomic E-state index is -0.678. The second-order valence-corrected chi connectivity index (χ2v) is 4.88. The number of aromatic nitrogens is 1. The molecule has 1 rings (SSSR count). The number of halogens is 1. The van der Waals surface area contributed by atoms with E-state index in [0.717, 1.165) is 0 Å². The van der Waals surface area contributed by atoms with E-state index >= 15 is 0 Å². The molecule has 6 heteroatoms. The van der Waals surface area contributed by atoms with Gasteiger partial charge in [0, 0.05) is 0 Å². The van der Waals surface area contributed by atoms with Gasteiger partial charge in [-0.15, -0.1) is 0 Å². The van der Waals surface area contributed by atoms with Crippen molar-refractivity contribution in [3.63, 3.8) is 0 Å². The number of hydrogen-bond acceptors (Lipinski definition) is 4. The molecule has 0 saturated carbocycles. The second-order valence-electron chi connectivity index (χ2n) is 4.06. The molecule has 1 aromatic heterocycles. The number of hydrogen-bond donors (Lipinski definition) is 1. The number of pyridine rings is 1. The van der Waals surface area contributed by atoms with Crippen molar-refractivity contribution in [1.29, 1.82) is 0 Å². The molecule has 0 aliphatic carbocycles. The molecule has 0 aromatic carbocycles. The third kappa shape index (κ3) is 3.80. The zero-order valence-electron chi connectivity index (χ0n) is 10.4. The van der Waals surface area contributed by atoms with Crippen LogP contribution < -0.4 is 5.32 Å². The van der Waals surface area contributed by atoms with Crippen molar-refractivity contribution in [2.75, 3.05) is 7.11 Å². The van der Waals surface area contributed by atoms with Crippen LogP contribution in [-0.2, 0) is 9.53 Å². The van der Waals surface area contributed by atoms with Gasteiger partial charge in [-0.2, -0.15) is 0 Å². The van der Waals surface area contributed by atoms with E-state index in [1.807, 2.05) is 13.8 Å². The molecule has 0 bridgehead atoms. The molecule has 1 aromatic rings. The number of amides is 1. The van der Waals surface area contributed by atoms with E-state index in [9.17, 15) is 9.59 Å². The number of rotatable bonds is 4. The maximum Gasteiger partial charge on any atom is 0.328 e. The summed E-state index contributed by atoms with van der Waals surface area (Å²) in [4.78, 5) is 27.5. The summed E-state index contributed by atoms with van der Waals surface area (Å²) in [5.74, 6) is -0.928. The maximum atomic E-state index is 11.9. The number of ether oxygens (including phenoxy) is 1. The molecule has 18 heavy (non-hydrogen) atoms. The largest absolute Gasteiger partial charge is 0.467 e. The summed E-state index contributed by atoms with van der Waals surface area (Å²) < 4.78 is 5.21. The molecule has 5 nitrogen and oxygen atoms in total. The second kappa shape index (κ2) is 6.49. The molecular weight excluding hydrogens is 300 g/mol. The molecule has 1 amide bonds. The zero-order chi connectivity index (χ0) is 13.7. The molecule has 1 N–H and O–H groups in total. The summed E-state index contributed by atoms with van der Waals surface area (Å²) in [5.41, 5.74) is 0.249. The van der Waals surface area contributed by atoms with Gasteiger partial charge in [0.15, 0.2) is 0 Å². The molecule has 1 atom stereocenters. The molecule has 0 saturated heterocycles. The van der Waals surface area contributed by atoms with E-state index in [4.69, 9.17) is 0 Å². The highest BCUT2D eigenvalue weighted by atomic mass is 79.9. The third-order valence-corrected chi connectivity index (χ3v) is 2.80. The lowest BCUT2D eigenvalue weighted by Crippen LogP contribution is -2.45. The highest BCUT2D eigenvalue weighted by Gasteiger charge is 2.25. The molecule has 0 unspecified atom stereocenters. The van der Waals surface area contributed by atoms with Crippen LogP contribution in [0.4, 0.5) is 0 Å². The number of carbonyl (C=O) groups excluding carboxylic acids is 2. The van der Waals surface area contributed by atoms with Crippen molar-refractivity contribution in [2.45, 2.75) is 19.9 Å². The van der Waals surface area contributed by atoms with Crippen molar-refractivity contribution in [2.24, 2.45) is 5.92 Å². The van der Waals surface area contributed by atoms with Gasteiger partial charge >= 0.3 is 5.97 Å². The topological polar surface area (TPSA) is 68.3 Å². The lowest BCUT2D eigenvalue weighted by Gasteiger charge is -2.19. The smallest absolute Gasteiger partial charge is 0.328 e. The van der Waals surface area contributed by atoms with Crippen molar-refractivity contribution in [3.05, 3.63) is 28.5 Å². The summed E-state index contributed by atoms with van der Waals surface area (Å²) >= 11 is 3.19. The average molecular weight is 315 g/mol. The van der Waals surface area contributed by atoms with Gasteiger partial charge in [0.05, 0.1) is 7.11 Å². The Balaban J connectivity index is 2.82. The van der Waals surface area contributed by atoms with Crippen LogP contribution in [-0.4, -0.2) is 30.0 Å². The van der Waals surface area contributed by atoms with Crippen LogP contribution in [0.15, 0.2) is 22.8 Å². The Morgan fingerprint density at radius 2 is 2.06 bits per heavy atom. The van der Waals surface area contributed by atoms with Gasteiger partial charge in [-0.25, -0.2) is 9.78 Å². The Morgan fingerprint density at radius 3 is 2.56 bits per heavy atom. The van der Waals surface area contributed by atoms with Crippen LogP contribution in [0.25, 0.3) is 0 Å². The predicted molar refractivity (Wildman–Crippen MR) is 70.0 cm³/mol. The molecule has 1 heterocycles. The highest BCUT2D eigenvalue weighted by Crippen LogP contribution is 2.08. The van der Waals surface area contributed by atoms with Crippen molar-refractivity contribution < 1.29 is 14.3 Å². The number of nitrogens with zero attached hydrogens (tertiary/aromatic N) is 1. The van der Waals surface area contributed by atoms with Gasteiger partial charge in [0.25, 0.3) is 5.91 Å². The summed E-state index contributed by atoms with van der Waals surface area (Å²) in [6.45, 7) is 3.66. The minimum Gasteiger partial charge on any atom is -0.467 e. The van der Waals surface area contributed by atoms with Crippen molar-refractivity contribution in [1.82, 2.24) is 10.3 Å². The highest BCUT2D eigenvalue weighted by molar-refractivity contribution is 9.10. The first-order chi connectivity index (χ1) is 8.45. The van der Waals surface area contributed by atoms with E-state index in [2.05, 4.69) is 31.0 Å². The summed E-state index contributed by atoms with van der Waals surface area (Å²) in [7, 11) is 1.29. The Kier molecular flexibility index (Phi) is 5.27. The number of methoxy groups -OCH3 is 1. The van der Waals surface area contributed by atoms with E-state index in [0.29, 0.717) is 4.60 Å². The van der Waals surface area contributed by atoms with Gasteiger partial charge in [0.1, 0.15) is 16.3 Å². The fourth-order valence-corrected chi connectivity index (χ4v) is 1.72. The Bertz CT molecular complexity index is 449. The van der Waals surface area contributed by atoms with Crippen molar-refractivity contribution in [3.8, 4) is 0 Å². The average Bonchev–Trinajstić information content (AvgIpc) is 2.34. The fraction of sp³-hybridized carbons (Fsp3) is 0.417. The van der Waals surface area contributed by atoms with Gasteiger partial charge in [-0.1, -0.05) is 19.9 Å². The van der Waals surface area contributed by atoms with Crippen LogP contribution >= 0.6 is 15.9 Å². The number of carbonyl (C=O) groups is 2. The van der Waals surface area contributed by atoms with E-state index in [1.165, 1.54) is 7.11 Å². The van der Waals surface area contributed by atoms with Crippen LogP contribution in [0.2, 0.25) is 0 Å². The summed E-state index contributed by atoms with van der Waals surface area (Å²) in [5, 5.41) is 2.61. The SMILES string of the molecule is COC(=O)[C@@H](NC(=O)c1cccc(Br)n1)C(C)C. The molecule has 0 aliphatic rings. The first-order valence-corrected chi connectivity index (χ1v) is 6.26. The Morgan fingerprint density at radius 1 is 1.39 bits per heavy atom. The lowest BCUT2D eigenvalue weighted by atomic mass is 10.0. The standard InChI is InChI=1S/C12H15BrN2O3/c1-7(2)10(12(17)18-3)15-11(16)8-5-4-6-9(13)14-8/h4-7,10H,1-3H3,(H,15,16)/t10-/m0/s1. The number of nitrogens with one attached hydrogen (secondary N) is 1. The van der Waals surface area contributed by atoms with Gasteiger partial charge in [-0.3, -0.25) is 4.79 Å². The lowest BCUT2D eigenvalue weighted by molar-refractivity contribution is -0.144. The first-order valence-electron chi connectivity index (χ1n) is 5.47. The van der Waals surface area contributed by atoms with Gasteiger partial charge in [0.2, 0.25) is 0 Å². The zero-order valence-corrected chi connectivity index (χ0v) is 12.0. The number of esters is 1. The molecule has 0 spiro atoms. The normalized spacial score (nSPS) is 12.1. The molecule has 98 valence electrons. The third-order valence-electron chi connectivity index (χ3n) is 2.36. The quantitative estimate of drug-likeness (QED) is 0.679. The Labute approximate surface area is 114 Å². The van der Waals surface area contributed by atoms with Crippen LogP contribution in [0.3, 0.4) is 0 Å². The van der Waals surface area contributed by atoms with E-state index in [1.54, 1.807) is 18.2 Å². The van der Waals surface area contributed by atoms with Crippen molar-refractivity contribution >= 4 is 27.8 Å². The molecular formula is C12H15BrN2O3. The monoisotopic (exact) mass is 314 g/mol.